The minimum Gasteiger partial charge on any atom is -0.381 e. The van der Waals surface area contributed by atoms with Gasteiger partial charge in [0.2, 0.25) is 0 Å². The van der Waals surface area contributed by atoms with Crippen LogP contribution >= 0.6 is 0 Å². The van der Waals surface area contributed by atoms with Crippen LogP contribution in [0.2, 0.25) is 0 Å². The Morgan fingerprint density at radius 2 is 2.14 bits per heavy atom. The maximum Gasteiger partial charge on any atom is 0.262 e. The van der Waals surface area contributed by atoms with Crippen LogP contribution in [0.5, 0.6) is 0 Å². The first-order valence-electron chi connectivity index (χ1n) is 9.82. The first kappa shape index (κ1) is 19.4. The Balaban J connectivity index is 1.59. The second kappa shape index (κ2) is 7.85. The van der Waals surface area contributed by atoms with Crippen LogP contribution in [0.3, 0.4) is 0 Å². The quantitative estimate of drug-likeness (QED) is 0.827. The number of sulfonamides is 1. The van der Waals surface area contributed by atoms with E-state index in [0.29, 0.717) is 25.6 Å². The Kier molecular flexibility index (Phi) is 5.44. The highest BCUT2D eigenvalue weighted by molar-refractivity contribution is 7.89. The van der Waals surface area contributed by atoms with E-state index >= 15 is 0 Å². The molecule has 4 rings (SSSR count). The average molecular weight is 405 g/mol. The fourth-order valence-corrected chi connectivity index (χ4v) is 5.79. The van der Waals surface area contributed by atoms with Gasteiger partial charge < -0.3 is 14.6 Å². The SMILES string of the molecule is Cc1cccc(N[C@@H]2CN(S(=O)(=O)c3cn(C)cn3)C[C@H]2C2CCCOC2)c1. The summed E-state index contributed by atoms with van der Waals surface area (Å²) in [5, 5.41) is 3.72. The predicted octanol–water partition coefficient (Wildman–Crippen LogP) is 2.26. The third kappa shape index (κ3) is 3.94. The third-order valence-corrected chi connectivity index (χ3v) is 7.51. The molecule has 0 spiro atoms. The molecule has 2 fully saturated rings. The topological polar surface area (TPSA) is 76.5 Å². The zero-order chi connectivity index (χ0) is 19.7. The van der Waals surface area contributed by atoms with Crippen LogP contribution < -0.4 is 5.32 Å². The van der Waals surface area contributed by atoms with Crippen LogP contribution in [0.4, 0.5) is 5.69 Å². The summed E-state index contributed by atoms with van der Waals surface area (Å²) < 4.78 is 35.2. The highest BCUT2D eigenvalue weighted by Crippen LogP contribution is 2.34. The maximum absolute atomic E-state index is 13.1. The molecule has 2 saturated heterocycles. The average Bonchev–Trinajstić information content (AvgIpc) is 3.30. The molecule has 1 N–H and O–H groups in total. The van der Waals surface area contributed by atoms with Gasteiger partial charge in [-0.05, 0) is 49.3 Å². The van der Waals surface area contributed by atoms with Crippen molar-refractivity contribution < 1.29 is 13.2 Å². The first-order chi connectivity index (χ1) is 13.4. The lowest BCUT2D eigenvalue weighted by Gasteiger charge is -2.31. The highest BCUT2D eigenvalue weighted by atomic mass is 32.2. The molecular formula is C20H28N4O3S. The van der Waals surface area contributed by atoms with Crippen molar-refractivity contribution in [1.29, 1.82) is 0 Å². The second-order valence-electron chi connectivity index (χ2n) is 7.96. The zero-order valence-electron chi connectivity index (χ0n) is 16.4. The molecule has 2 aromatic rings. The van der Waals surface area contributed by atoms with E-state index in [1.54, 1.807) is 22.1 Å². The van der Waals surface area contributed by atoms with Crippen LogP contribution in [0.15, 0.2) is 41.8 Å². The van der Waals surface area contributed by atoms with Gasteiger partial charge in [-0.3, -0.25) is 0 Å². The van der Waals surface area contributed by atoms with Gasteiger partial charge in [0.1, 0.15) is 0 Å². The van der Waals surface area contributed by atoms with Gasteiger partial charge in [0, 0.05) is 51.3 Å². The lowest BCUT2D eigenvalue weighted by atomic mass is 9.84. The maximum atomic E-state index is 13.1. The molecule has 0 radical (unpaired) electrons. The van der Waals surface area contributed by atoms with Gasteiger partial charge in [0.15, 0.2) is 5.03 Å². The van der Waals surface area contributed by atoms with E-state index in [-0.39, 0.29) is 17.0 Å². The summed E-state index contributed by atoms with van der Waals surface area (Å²) in [5.41, 5.74) is 2.21. The molecule has 2 aliphatic rings. The number of ether oxygens (including phenoxy) is 1. The van der Waals surface area contributed by atoms with Crippen molar-refractivity contribution in [1.82, 2.24) is 13.9 Å². The Labute approximate surface area is 166 Å². The minimum absolute atomic E-state index is 0.0481. The van der Waals surface area contributed by atoms with E-state index < -0.39 is 10.0 Å². The number of hydrogen-bond acceptors (Lipinski definition) is 5. The monoisotopic (exact) mass is 404 g/mol. The summed E-state index contributed by atoms with van der Waals surface area (Å²) in [7, 11) is -1.82. The third-order valence-electron chi connectivity index (χ3n) is 5.79. The number of rotatable bonds is 5. The van der Waals surface area contributed by atoms with E-state index in [0.717, 1.165) is 25.1 Å². The molecule has 1 aromatic heterocycles. The van der Waals surface area contributed by atoms with Crippen LogP contribution in [0.25, 0.3) is 0 Å². The molecule has 8 heteroatoms. The summed E-state index contributed by atoms with van der Waals surface area (Å²) in [4.78, 5) is 4.08. The summed E-state index contributed by atoms with van der Waals surface area (Å²) in [6.07, 6.45) is 5.20. The van der Waals surface area contributed by atoms with Gasteiger partial charge in [-0.2, -0.15) is 4.31 Å². The van der Waals surface area contributed by atoms with Crippen LogP contribution in [-0.2, 0) is 21.8 Å². The molecule has 0 saturated carbocycles. The van der Waals surface area contributed by atoms with Crippen LogP contribution in [-0.4, -0.2) is 54.6 Å². The second-order valence-corrected chi connectivity index (χ2v) is 9.85. The van der Waals surface area contributed by atoms with Gasteiger partial charge in [-0.15, -0.1) is 0 Å². The number of nitrogens with one attached hydrogen (secondary N) is 1. The van der Waals surface area contributed by atoms with Crippen molar-refractivity contribution in [2.75, 3.05) is 31.6 Å². The largest absolute Gasteiger partial charge is 0.381 e. The van der Waals surface area contributed by atoms with E-state index in [9.17, 15) is 8.42 Å². The number of hydrogen-bond donors (Lipinski definition) is 1. The molecule has 0 amide bonds. The molecule has 7 nitrogen and oxygen atoms in total. The van der Waals surface area contributed by atoms with E-state index in [1.165, 1.54) is 11.9 Å². The Bertz CT molecular complexity index is 921. The van der Waals surface area contributed by atoms with E-state index in [1.807, 2.05) is 12.1 Å². The van der Waals surface area contributed by atoms with Crippen molar-refractivity contribution >= 4 is 15.7 Å². The fourth-order valence-electron chi connectivity index (χ4n) is 4.32. The Morgan fingerprint density at radius 3 is 2.82 bits per heavy atom. The molecule has 3 atom stereocenters. The fraction of sp³-hybridized carbons (Fsp3) is 0.550. The number of benzene rings is 1. The molecule has 152 valence electrons. The predicted molar refractivity (Wildman–Crippen MR) is 108 cm³/mol. The number of aromatic nitrogens is 2. The Morgan fingerprint density at radius 1 is 1.29 bits per heavy atom. The molecule has 0 aliphatic carbocycles. The van der Waals surface area contributed by atoms with Crippen molar-refractivity contribution in [3.05, 3.63) is 42.4 Å². The summed E-state index contributed by atoms with van der Waals surface area (Å²) in [6.45, 7) is 4.50. The summed E-state index contributed by atoms with van der Waals surface area (Å²) >= 11 is 0. The zero-order valence-corrected chi connectivity index (χ0v) is 17.2. The van der Waals surface area contributed by atoms with Gasteiger partial charge in [0.25, 0.3) is 10.0 Å². The molecular weight excluding hydrogens is 376 g/mol. The smallest absolute Gasteiger partial charge is 0.262 e. The Hall–Kier alpha value is -1.90. The van der Waals surface area contributed by atoms with Gasteiger partial charge >= 0.3 is 0 Å². The summed E-state index contributed by atoms with van der Waals surface area (Å²) in [5.74, 6) is 0.569. The van der Waals surface area contributed by atoms with Crippen LogP contribution in [0, 0.1) is 18.8 Å². The molecule has 1 aromatic carbocycles. The van der Waals surface area contributed by atoms with Crippen LogP contribution in [0.1, 0.15) is 18.4 Å². The first-order valence-corrected chi connectivity index (χ1v) is 11.3. The number of anilines is 1. The normalized spacial score (nSPS) is 26.4. The molecule has 28 heavy (non-hydrogen) atoms. The molecule has 2 aliphatic heterocycles. The van der Waals surface area contributed by atoms with Gasteiger partial charge in [0.05, 0.1) is 6.33 Å². The molecule has 0 bridgehead atoms. The summed E-state index contributed by atoms with van der Waals surface area (Å²) in [6, 6.07) is 8.27. The van der Waals surface area contributed by atoms with Gasteiger partial charge in [-0.25, -0.2) is 13.4 Å². The minimum atomic E-state index is -3.60. The van der Waals surface area contributed by atoms with Crippen molar-refractivity contribution in [2.45, 2.75) is 30.8 Å². The van der Waals surface area contributed by atoms with Crippen molar-refractivity contribution in [3.8, 4) is 0 Å². The number of nitrogens with zero attached hydrogens (tertiary/aromatic N) is 3. The van der Waals surface area contributed by atoms with Crippen molar-refractivity contribution in [3.63, 3.8) is 0 Å². The standard InChI is InChI=1S/C20H28N4O3S/c1-15-5-3-7-17(9-15)22-19-11-24(10-18(19)16-6-4-8-27-13-16)28(25,26)20-12-23(2)14-21-20/h3,5,7,9,12,14,16,18-19,22H,4,6,8,10-11,13H2,1-2H3/t16?,18-,19+/m0/s1. The van der Waals surface area contributed by atoms with E-state index in [2.05, 4.69) is 29.4 Å². The number of imidazole rings is 1. The highest BCUT2D eigenvalue weighted by Gasteiger charge is 2.43. The van der Waals surface area contributed by atoms with Crippen molar-refractivity contribution in [2.24, 2.45) is 18.9 Å². The number of aryl methyl sites for hydroxylation is 2. The lowest BCUT2D eigenvalue weighted by molar-refractivity contribution is 0.0317. The van der Waals surface area contributed by atoms with E-state index in [4.69, 9.17) is 4.74 Å². The lowest BCUT2D eigenvalue weighted by Crippen LogP contribution is -2.36. The molecule has 3 heterocycles. The van der Waals surface area contributed by atoms with Gasteiger partial charge in [-0.1, -0.05) is 12.1 Å². The molecule has 1 unspecified atom stereocenters.